The quantitative estimate of drug-likeness (QED) is 0.685. The predicted molar refractivity (Wildman–Crippen MR) is 69.7 cm³/mol. The van der Waals surface area contributed by atoms with Gasteiger partial charge in [-0.15, -0.1) is 0 Å². The number of aromatic hydroxyl groups is 1. The molecular formula is C14H10BrO2. The van der Waals surface area contributed by atoms with E-state index in [1.807, 2.05) is 25.7 Å². The zero-order valence-corrected chi connectivity index (χ0v) is 10.5. The summed E-state index contributed by atoms with van der Waals surface area (Å²) in [6, 6.07) is 4.79. The third-order valence-electron chi connectivity index (χ3n) is 2.34. The highest BCUT2D eigenvalue weighted by molar-refractivity contribution is 9.10. The van der Waals surface area contributed by atoms with Gasteiger partial charge in [-0.3, -0.25) is 4.79 Å². The molecule has 0 spiro atoms. The Morgan fingerprint density at radius 1 is 1.24 bits per heavy atom. The number of carbonyl (C=O) groups is 1. The second kappa shape index (κ2) is 5.50. The highest BCUT2D eigenvalue weighted by atomic mass is 79.9. The fraction of sp³-hybridized carbons (Fsp3) is 0. The SMILES string of the molecule is O=C(/C=C/[C]1[CH][CH][CH][CH]1)c1cc(Br)ccc1O. The molecule has 1 aliphatic rings. The Labute approximate surface area is 109 Å². The Morgan fingerprint density at radius 2 is 1.94 bits per heavy atom. The van der Waals surface area contributed by atoms with Crippen LogP contribution < -0.4 is 0 Å². The molecule has 5 radical (unpaired) electrons. The van der Waals surface area contributed by atoms with Crippen molar-refractivity contribution in [2.75, 3.05) is 0 Å². The molecule has 0 heterocycles. The van der Waals surface area contributed by atoms with Crippen LogP contribution in [0.25, 0.3) is 0 Å². The van der Waals surface area contributed by atoms with E-state index in [0.717, 1.165) is 10.4 Å². The lowest BCUT2D eigenvalue weighted by atomic mass is 10.0. The fourth-order valence-electron chi connectivity index (χ4n) is 1.47. The number of phenols is 1. The molecule has 85 valence electrons. The van der Waals surface area contributed by atoms with Crippen molar-refractivity contribution in [3.63, 3.8) is 0 Å². The predicted octanol–water partition coefficient (Wildman–Crippen LogP) is 3.30. The molecular weight excluding hydrogens is 280 g/mol. The molecule has 0 aromatic heterocycles. The molecule has 0 amide bonds. The first-order valence-corrected chi connectivity index (χ1v) is 5.89. The first-order chi connectivity index (χ1) is 8.16. The molecule has 1 aromatic carbocycles. The summed E-state index contributed by atoms with van der Waals surface area (Å²) < 4.78 is 0.764. The number of phenolic OH excluding ortho intramolecular Hbond substituents is 1. The molecule has 1 N–H and O–H groups in total. The summed E-state index contributed by atoms with van der Waals surface area (Å²) in [7, 11) is 0. The van der Waals surface area contributed by atoms with Crippen LogP contribution >= 0.6 is 15.9 Å². The summed E-state index contributed by atoms with van der Waals surface area (Å²) in [4.78, 5) is 11.8. The minimum atomic E-state index is -0.218. The number of hydrogen-bond donors (Lipinski definition) is 1. The summed E-state index contributed by atoms with van der Waals surface area (Å²) in [5.74, 6) is 0.739. The standard InChI is InChI=1S/C14H10BrO2/c15-11-6-8-14(17)12(9-11)13(16)7-5-10-3-1-2-4-10/h1-9,17H/b7-5+. The summed E-state index contributed by atoms with van der Waals surface area (Å²) in [5, 5.41) is 9.59. The summed E-state index contributed by atoms with van der Waals surface area (Å²) >= 11 is 3.27. The Hall–Kier alpha value is -1.09. The van der Waals surface area contributed by atoms with Crippen molar-refractivity contribution >= 4 is 21.7 Å². The number of halogens is 1. The largest absolute Gasteiger partial charge is 0.507 e. The smallest absolute Gasteiger partial charge is 0.189 e. The highest BCUT2D eigenvalue weighted by Gasteiger charge is 2.15. The minimum absolute atomic E-state index is 0.00893. The summed E-state index contributed by atoms with van der Waals surface area (Å²) in [5.41, 5.74) is 0.294. The summed E-state index contributed by atoms with van der Waals surface area (Å²) in [6.45, 7) is 0. The second-order valence-electron chi connectivity index (χ2n) is 3.58. The van der Waals surface area contributed by atoms with Gasteiger partial charge in [-0.05, 0) is 50.0 Å². The van der Waals surface area contributed by atoms with Gasteiger partial charge in [0.05, 0.1) is 5.56 Å². The molecule has 0 unspecified atom stereocenters. The third-order valence-corrected chi connectivity index (χ3v) is 2.83. The van der Waals surface area contributed by atoms with Crippen LogP contribution in [-0.4, -0.2) is 10.9 Å². The minimum Gasteiger partial charge on any atom is -0.507 e. The average Bonchev–Trinajstić information content (AvgIpc) is 2.82. The van der Waals surface area contributed by atoms with E-state index in [-0.39, 0.29) is 11.5 Å². The maximum atomic E-state index is 11.8. The Kier molecular flexibility index (Phi) is 4.00. The van der Waals surface area contributed by atoms with E-state index in [9.17, 15) is 9.90 Å². The van der Waals surface area contributed by atoms with Crippen LogP contribution in [0.5, 0.6) is 5.75 Å². The summed E-state index contributed by atoms with van der Waals surface area (Å²) in [6.07, 6.45) is 10.8. The van der Waals surface area contributed by atoms with Crippen LogP contribution in [0, 0.1) is 31.6 Å². The van der Waals surface area contributed by atoms with Gasteiger partial charge in [0.15, 0.2) is 5.78 Å². The van der Waals surface area contributed by atoms with Crippen LogP contribution in [0.4, 0.5) is 0 Å². The van der Waals surface area contributed by atoms with Crippen molar-refractivity contribution in [2.24, 2.45) is 0 Å². The van der Waals surface area contributed by atoms with Gasteiger partial charge in [-0.25, -0.2) is 0 Å². The Balaban J connectivity index is 2.10. The molecule has 1 saturated carbocycles. The molecule has 1 aromatic rings. The van der Waals surface area contributed by atoms with Crippen molar-refractivity contribution in [3.05, 3.63) is 72.0 Å². The van der Waals surface area contributed by atoms with E-state index >= 15 is 0 Å². The van der Waals surface area contributed by atoms with E-state index in [4.69, 9.17) is 0 Å². The van der Waals surface area contributed by atoms with Gasteiger partial charge >= 0.3 is 0 Å². The molecule has 1 aliphatic carbocycles. The van der Waals surface area contributed by atoms with Crippen molar-refractivity contribution in [2.45, 2.75) is 0 Å². The van der Waals surface area contributed by atoms with E-state index in [1.54, 1.807) is 18.2 Å². The van der Waals surface area contributed by atoms with Gasteiger partial charge in [-0.2, -0.15) is 0 Å². The average molecular weight is 290 g/mol. The van der Waals surface area contributed by atoms with Gasteiger partial charge in [0.1, 0.15) is 5.75 Å². The maximum Gasteiger partial charge on any atom is 0.189 e. The van der Waals surface area contributed by atoms with Crippen molar-refractivity contribution in [3.8, 4) is 5.75 Å². The molecule has 1 fully saturated rings. The van der Waals surface area contributed by atoms with Crippen LogP contribution in [0.1, 0.15) is 10.4 Å². The number of allylic oxidation sites excluding steroid dienone is 2. The zero-order chi connectivity index (χ0) is 12.3. The highest BCUT2D eigenvalue weighted by Crippen LogP contribution is 2.26. The van der Waals surface area contributed by atoms with E-state index in [0.29, 0.717) is 5.56 Å². The maximum absolute atomic E-state index is 11.8. The molecule has 0 atom stereocenters. The lowest BCUT2D eigenvalue weighted by Gasteiger charge is -2.02. The van der Waals surface area contributed by atoms with Crippen LogP contribution in [-0.2, 0) is 0 Å². The monoisotopic (exact) mass is 289 g/mol. The third kappa shape index (κ3) is 3.19. The zero-order valence-electron chi connectivity index (χ0n) is 8.93. The molecule has 3 heteroatoms. The van der Waals surface area contributed by atoms with E-state index in [1.165, 1.54) is 12.1 Å². The van der Waals surface area contributed by atoms with E-state index < -0.39 is 0 Å². The first-order valence-electron chi connectivity index (χ1n) is 5.09. The Bertz CT molecular complexity index is 446. The number of hydrogen-bond acceptors (Lipinski definition) is 2. The fourth-order valence-corrected chi connectivity index (χ4v) is 1.83. The van der Waals surface area contributed by atoms with Crippen LogP contribution in [0.3, 0.4) is 0 Å². The van der Waals surface area contributed by atoms with E-state index in [2.05, 4.69) is 15.9 Å². The molecule has 2 nitrogen and oxygen atoms in total. The molecule has 2 rings (SSSR count). The molecule has 0 saturated heterocycles. The van der Waals surface area contributed by atoms with Crippen molar-refractivity contribution in [1.29, 1.82) is 0 Å². The lowest BCUT2D eigenvalue weighted by molar-refractivity contribution is 0.104. The van der Waals surface area contributed by atoms with Crippen molar-refractivity contribution < 1.29 is 9.90 Å². The van der Waals surface area contributed by atoms with Gasteiger partial charge in [0.2, 0.25) is 0 Å². The topological polar surface area (TPSA) is 37.3 Å². The molecule has 0 aliphatic heterocycles. The first kappa shape index (κ1) is 12.4. The second-order valence-corrected chi connectivity index (χ2v) is 4.49. The van der Waals surface area contributed by atoms with Gasteiger partial charge in [-0.1, -0.05) is 22.0 Å². The lowest BCUT2D eigenvalue weighted by Crippen LogP contribution is -1.96. The van der Waals surface area contributed by atoms with Crippen molar-refractivity contribution in [1.82, 2.24) is 0 Å². The normalized spacial score (nSPS) is 16.8. The number of benzene rings is 1. The number of rotatable bonds is 3. The van der Waals surface area contributed by atoms with Crippen LogP contribution in [0.2, 0.25) is 0 Å². The number of carbonyl (C=O) groups excluding carboxylic acids is 1. The molecule has 17 heavy (non-hydrogen) atoms. The molecule has 0 bridgehead atoms. The number of ketones is 1. The Morgan fingerprint density at radius 3 is 2.65 bits per heavy atom. The van der Waals surface area contributed by atoms with Gasteiger partial charge in [0.25, 0.3) is 0 Å². The van der Waals surface area contributed by atoms with Gasteiger partial charge < -0.3 is 5.11 Å². The van der Waals surface area contributed by atoms with Gasteiger partial charge in [0, 0.05) is 10.4 Å². The van der Waals surface area contributed by atoms with Crippen LogP contribution in [0.15, 0.2) is 34.8 Å².